The van der Waals surface area contributed by atoms with Crippen LogP contribution in [0.25, 0.3) is 0 Å². The lowest BCUT2D eigenvalue weighted by Gasteiger charge is -2.28. The Morgan fingerprint density at radius 3 is 2.94 bits per heavy atom. The molecule has 1 saturated heterocycles. The van der Waals surface area contributed by atoms with Gasteiger partial charge in [0, 0.05) is 11.6 Å². The van der Waals surface area contributed by atoms with Crippen molar-refractivity contribution in [2.75, 3.05) is 26.4 Å². The number of halogens is 1. The van der Waals surface area contributed by atoms with Gasteiger partial charge in [-0.3, -0.25) is 0 Å². The molecule has 0 saturated carbocycles. The van der Waals surface area contributed by atoms with E-state index >= 15 is 0 Å². The van der Waals surface area contributed by atoms with Gasteiger partial charge in [0.25, 0.3) is 0 Å². The molecule has 0 amide bonds. The van der Waals surface area contributed by atoms with Gasteiger partial charge in [-0.2, -0.15) is 0 Å². The van der Waals surface area contributed by atoms with Crippen molar-refractivity contribution in [3.05, 3.63) is 28.8 Å². The number of aliphatic hydroxyl groups excluding tert-OH is 1. The molecule has 2 rings (SSSR count). The van der Waals surface area contributed by atoms with Gasteiger partial charge in [0.15, 0.2) is 0 Å². The maximum absolute atomic E-state index is 9.75. The van der Waals surface area contributed by atoms with Gasteiger partial charge in [-0.05, 0) is 30.7 Å². The average Bonchev–Trinajstić information content (AvgIpc) is 2.29. The highest BCUT2D eigenvalue weighted by Crippen LogP contribution is 2.21. The zero-order valence-electron chi connectivity index (χ0n) is 10.4. The van der Waals surface area contributed by atoms with Crippen LogP contribution in [-0.4, -0.2) is 43.6 Å². The molecule has 2 N–H and O–H groups in total. The molecule has 1 heterocycles. The van der Waals surface area contributed by atoms with E-state index in [9.17, 15) is 5.11 Å². The molecule has 0 aromatic heterocycles. The lowest BCUT2D eigenvalue weighted by atomic mass is 10.2. The summed E-state index contributed by atoms with van der Waals surface area (Å²) in [5.41, 5.74) is 0.966. The number of aliphatic hydroxyl groups is 1. The zero-order valence-corrected chi connectivity index (χ0v) is 11.1. The van der Waals surface area contributed by atoms with Gasteiger partial charge in [0.2, 0.25) is 0 Å². The predicted molar refractivity (Wildman–Crippen MR) is 70.3 cm³/mol. The van der Waals surface area contributed by atoms with Crippen LogP contribution in [0.5, 0.6) is 5.75 Å². The number of nitrogens with one attached hydrogen (secondary N) is 1. The van der Waals surface area contributed by atoms with E-state index in [0.717, 1.165) is 29.5 Å². The van der Waals surface area contributed by atoms with Crippen LogP contribution in [0.4, 0.5) is 0 Å². The molecule has 1 aliphatic heterocycles. The molecule has 0 bridgehead atoms. The Hall–Kier alpha value is -0.810. The van der Waals surface area contributed by atoms with Crippen molar-refractivity contribution < 1.29 is 14.6 Å². The predicted octanol–water partition coefficient (Wildman–Crippen LogP) is 1.38. The Bertz CT molecular complexity index is 396. The van der Waals surface area contributed by atoms with Gasteiger partial charge in [0.05, 0.1) is 19.3 Å². The Morgan fingerprint density at radius 1 is 1.56 bits per heavy atom. The third kappa shape index (κ3) is 3.85. The van der Waals surface area contributed by atoms with E-state index in [4.69, 9.17) is 21.1 Å². The first kappa shape index (κ1) is 13.6. The molecule has 5 heteroatoms. The lowest BCUT2D eigenvalue weighted by Crippen LogP contribution is -2.49. The summed E-state index contributed by atoms with van der Waals surface area (Å²) < 4.78 is 10.5. The van der Waals surface area contributed by atoms with Crippen molar-refractivity contribution in [3.63, 3.8) is 0 Å². The number of hydrogen-bond acceptors (Lipinski definition) is 4. The van der Waals surface area contributed by atoms with Crippen molar-refractivity contribution >= 4 is 11.6 Å². The zero-order chi connectivity index (χ0) is 13.0. The molecule has 1 aromatic carbocycles. The van der Waals surface area contributed by atoms with Gasteiger partial charge in [-0.1, -0.05) is 11.6 Å². The molecule has 18 heavy (non-hydrogen) atoms. The molecule has 4 nitrogen and oxygen atoms in total. The van der Waals surface area contributed by atoms with Crippen molar-refractivity contribution in [1.82, 2.24) is 5.32 Å². The maximum atomic E-state index is 9.75. The van der Waals surface area contributed by atoms with Gasteiger partial charge in [-0.25, -0.2) is 0 Å². The third-order valence-corrected chi connectivity index (χ3v) is 3.28. The molecule has 0 radical (unpaired) electrons. The highest BCUT2D eigenvalue weighted by Gasteiger charge is 2.18. The standard InChI is InChI=1S/C13H18ClNO3/c1-9-4-12(2-3-13(9)14)18-8-11(16)5-15-10-6-17-7-10/h2-4,10-11,15-16H,5-8H2,1H3. The smallest absolute Gasteiger partial charge is 0.119 e. The van der Waals surface area contributed by atoms with Gasteiger partial charge in [-0.15, -0.1) is 0 Å². The Balaban J connectivity index is 1.70. The summed E-state index contributed by atoms with van der Waals surface area (Å²) in [5, 5.41) is 13.7. The number of hydrogen-bond donors (Lipinski definition) is 2. The summed E-state index contributed by atoms with van der Waals surface area (Å²) in [7, 11) is 0. The summed E-state index contributed by atoms with van der Waals surface area (Å²) >= 11 is 5.92. The Kier molecular flexibility index (Phi) is 4.83. The van der Waals surface area contributed by atoms with Gasteiger partial charge >= 0.3 is 0 Å². The fourth-order valence-corrected chi connectivity index (χ4v) is 1.73. The van der Waals surface area contributed by atoms with Crippen molar-refractivity contribution in [2.45, 2.75) is 19.1 Å². The maximum Gasteiger partial charge on any atom is 0.119 e. The molecule has 1 aliphatic rings. The second-order valence-electron chi connectivity index (χ2n) is 4.52. The van der Waals surface area contributed by atoms with E-state index in [2.05, 4.69) is 5.32 Å². The average molecular weight is 272 g/mol. The molecule has 1 atom stereocenters. The number of benzene rings is 1. The highest BCUT2D eigenvalue weighted by molar-refractivity contribution is 6.31. The third-order valence-electron chi connectivity index (χ3n) is 2.85. The van der Waals surface area contributed by atoms with Crippen LogP contribution in [0, 0.1) is 6.92 Å². The minimum absolute atomic E-state index is 0.266. The molecule has 1 fully saturated rings. The van der Waals surface area contributed by atoms with Crippen LogP contribution >= 0.6 is 11.6 Å². The number of aryl methyl sites for hydroxylation is 1. The molecule has 0 spiro atoms. The second kappa shape index (κ2) is 6.38. The SMILES string of the molecule is Cc1cc(OCC(O)CNC2COC2)ccc1Cl. The topological polar surface area (TPSA) is 50.7 Å². The first-order valence-electron chi connectivity index (χ1n) is 6.03. The number of ether oxygens (including phenoxy) is 2. The van der Waals surface area contributed by atoms with Crippen LogP contribution in [0.1, 0.15) is 5.56 Å². The first-order chi connectivity index (χ1) is 8.65. The van der Waals surface area contributed by atoms with Crippen LogP contribution in [0.2, 0.25) is 5.02 Å². The van der Waals surface area contributed by atoms with Crippen LogP contribution in [0.15, 0.2) is 18.2 Å². The lowest BCUT2D eigenvalue weighted by molar-refractivity contribution is -0.0118. The highest BCUT2D eigenvalue weighted by atomic mass is 35.5. The van der Waals surface area contributed by atoms with E-state index in [-0.39, 0.29) is 6.61 Å². The van der Waals surface area contributed by atoms with E-state index in [1.807, 2.05) is 13.0 Å². The summed E-state index contributed by atoms with van der Waals surface area (Å²) in [6.45, 7) is 4.15. The molecule has 1 unspecified atom stereocenters. The minimum atomic E-state index is -0.526. The van der Waals surface area contributed by atoms with Crippen LogP contribution < -0.4 is 10.1 Å². The summed E-state index contributed by atoms with van der Waals surface area (Å²) in [5.74, 6) is 0.725. The van der Waals surface area contributed by atoms with Crippen molar-refractivity contribution in [2.24, 2.45) is 0 Å². The van der Waals surface area contributed by atoms with Crippen molar-refractivity contribution in [1.29, 1.82) is 0 Å². The van der Waals surface area contributed by atoms with E-state index < -0.39 is 6.10 Å². The molecule has 100 valence electrons. The largest absolute Gasteiger partial charge is 0.491 e. The molecular formula is C13H18ClNO3. The summed E-state index contributed by atoms with van der Waals surface area (Å²) in [6, 6.07) is 5.83. The molecular weight excluding hydrogens is 254 g/mol. The van der Waals surface area contributed by atoms with E-state index in [0.29, 0.717) is 12.6 Å². The van der Waals surface area contributed by atoms with Gasteiger partial charge < -0.3 is 19.9 Å². The van der Waals surface area contributed by atoms with Crippen LogP contribution in [-0.2, 0) is 4.74 Å². The fourth-order valence-electron chi connectivity index (χ4n) is 1.61. The first-order valence-corrected chi connectivity index (χ1v) is 6.41. The van der Waals surface area contributed by atoms with Gasteiger partial charge in [0.1, 0.15) is 18.5 Å². The monoisotopic (exact) mass is 271 g/mol. The molecule has 0 aliphatic carbocycles. The van der Waals surface area contributed by atoms with Crippen molar-refractivity contribution in [3.8, 4) is 5.75 Å². The molecule has 1 aromatic rings. The fraction of sp³-hybridized carbons (Fsp3) is 0.538. The Morgan fingerprint density at radius 2 is 2.33 bits per heavy atom. The Labute approximate surface area is 112 Å². The normalized spacial score (nSPS) is 17.3. The summed E-state index contributed by atoms with van der Waals surface area (Å²) in [6.07, 6.45) is -0.526. The van der Waals surface area contributed by atoms with E-state index in [1.165, 1.54) is 0 Å². The van der Waals surface area contributed by atoms with Crippen LogP contribution in [0.3, 0.4) is 0 Å². The number of rotatable bonds is 6. The van der Waals surface area contributed by atoms with E-state index in [1.54, 1.807) is 12.1 Å². The quantitative estimate of drug-likeness (QED) is 0.821. The minimum Gasteiger partial charge on any atom is -0.491 e. The summed E-state index contributed by atoms with van der Waals surface area (Å²) in [4.78, 5) is 0. The second-order valence-corrected chi connectivity index (χ2v) is 4.93.